The zero-order valence-corrected chi connectivity index (χ0v) is 13.7. The van der Waals surface area contributed by atoms with E-state index in [1.165, 1.54) is 0 Å². The van der Waals surface area contributed by atoms with Crippen LogP contribution in [0.4, 0.5) is 0 Å². The van der Waals surface area contributed by atoms with Crippen LogP contribution in [0.3, 0.4) is 0 Å². The summed E-state index contributed by atoms with van der Waals surface area (Å²) in [4.78, 5) is 28.6. The van der Waals surface area contributed by atoms with Crippen molar-refractivity contribution in [2.45, 2.75) is 45.3 Å². The molecule has 0 aliphatic carbocycles. The summed E-state index contributed by atoms with van der Waals surface area (Å²) in [5.41, 5.74) is 1.76. The molecule has 1 spiro atoms. The van der Waals surface area contributed by atoms with Crippen molar-refractivity contribution < 1.29 is 9.63 Å². The number of rotatable bonds is 5. The van der Waals surface area contributed by atoms with E-state index in [4.69, 9.17) is 4.84 Å². The largest absolute Gasteiger partial charge is 0.387 e. The van der Waals surface area contributed by atoms with Crippen molar-refractivity contribution in [1.82, 2.24) is 20.2 Å². The van der Waals surface area contributed by atoms with Crippen LogP contribution in [-0.2, 0) is 16.2 Å². The Morgan fingerprint density at radius 1 is 1.43 bits per heavy atom. The number of nitrogens with one attached hydrogen (secondary N) is 1. The lowest BCUT2D eigenvalue weighted by atomic mass is 9.96. The lowest BCUT2D eigenvalue weighted by Gasteiger charge is -2.21. The molecule has 1 atom stereocenters. The highest BCUT2D eigenvalue weighted by Gasteiger charge is 2.46. The molecule has 0 aromatic carbocycles. The highest BCUT2D eigenvalue weighted by Crippen LogP contribution is 2.33. The van der Waals surface area contributed by atoms with Gasteiger partial charge in [0.2, 0.25) is 0 Å². The number of aromatic nitrogens is 2. The highest BCUT2D eigenvalue weighted by molar-refractivity contribution is 6.39. The van der Waals surface area contributed by atoms with Crippen LogP contribution >= 0.6 is 0 Å². The minimum absolute atomic E-state index is 0.182. The number of amides is 1. The third kappa shape index (κ3) is 3.67. The Labute approximate surface area is 136 Å². The van der Waals surface area contributed by atoms with E-state index in [0.717, 1.165) is 43.9 Å². The summed E-state index contributed by atoms with van der Waals surface area (Å²) in [6.07, 6.45) is 5.99. The summed E-state index contributed by atoms with van der Waals surface area (Å²) in [5, 5.41) is 6.87. The molecule has 1 fully saturated rings. The number of aryl methyl sites for hydroxylation is 1. The van der Waals surface area contributed by atoms with Crippen LogP contribution in [0, 0.1) is 6.92 Å². The summed E-state index contributed by atoms with van der Waals surface area (Å²) in [5.74, 6) is -0.182. The molecule has 3 heterocycles. The molecule has 2 aliphatic rings. The van der Waals surface area contributed by atoms with Gasteiger partial charge in [-0.2, -0.15) is 0 Å². The van der Waals surface area contributed by atoms with Crippen LogP contribution in [-0.4, -0.2) is 51.7 Å². The molecular formula is C16H23N5O2. The predicted molar refractivity (Wildman–Crippen MR) is 85.8 cm³/mol. The molecule has 0 radical (unpaired) electrons. The first kappa shape index (κ1) is 15.9. The number of carbonyl (C=O) groups is 1. The zero-order valence-electron chi connectivity index (χ0n) is 13.7. The molecule has 3 rings (SSSR count). The van der Waals surface area contributed by atoms with E-state index in [1.807, 2.05) is 6.92 Å². The first-order chi connectivity index (χ1) is 11.1. The summed E-state index contributed by atoms with van der Waals surface area (Å²) in [7, 11) is 0. The molecule has 2 aliphatic heterocycles. The van der Waals surface area contributed by atoms with Gasteiger partial charge in [0.05, 0.1) is 24.1 Å². The smallest absolute Gasteiger partial charge is 0.269 e. The summed E-state index contributed by atoms with van der Waals surface area (Å²) in [6.45, 7) is 7.33. The van der Waals surface area contributed by atoms with Gasteiger partial charge >= 0.3 is 0 Å². The topological polar surface area (TPSA) is 79.7 Å². The molecule has 1 N–H and O–H groups in total. The van der Waals surface area contributed by atoms with Crippen molar-refractivity contribution in [2.24, 2.45) is 5.16 Å². The molecule has 0 bridgehead atoms. The number of hydrogen-bond donors (Lipinski definition) is 1. The molecule has 124 valence electrons. The van der Waals surface area contributed by atoms with Crippen molar-refractivity contribution in [2.75, 3.05) is 19.6 Å². The van der Waals surface area contributed by atoms with Gasteiger partial charge in [0, 0.05) is 32.1 Å². The van der Waals surface area contributed by atoms with E-state index in [1.54, 1.807) is 12.4 Å². The molecule has 1 saturated heterocycles. The highest BCUT2D eigenvalue weighted by atomic mass is 16.7. The van der Waals surface area contributed by atoms with Crippen molar-refractivity contribution >= 4 is 11.6 Å². The molecule has 1 aromatic heterocycles. The second-order valence-corrected chi connectivity index (χ2v) is 6.35. The monoisotopic (exact) mass is 317 g/mol. The van der Waals surface area contributed by atoms with Gasteiger partial charge < -0.3 is 10.2 Å². The van der Waals surface area contributed by atoms with E-state index >= 15 is 0 Å². The lowest BCUT2D eigenvalue weighted by molar-refractivity contribution is -0.115. The number of oxime groups is 1. The zero-order chi connectivity index (χ0) is 16.3. The van der Waals surface area contributed by atoms with Crippen LogP contribution in [0.15, 0.2) is 17.5 Å². The fourth-order valence-electron chi connectivity index (χ4n) is 3.08. The number of likely N-dealkylation sites (tertiary alicyclic amines) is 1. The quantitative estimate of drug-likeness (QED) is 0.877. The predicted octanol–water partition coefficient (Wildman–Crippen LogP) is 1.03. The molecule has 0 saturated carbocycles. The van der Waals surface area contributed by atoms with Gasteiger partial charge in [0.1, 0.15) is 5.71 Å². The van der Waals surface area contributed by atoms with Crippen LogP contribution in [0.2, 0.25) is 0 Å². The van der Waals surface area contributed by atoms with Crippen molar-refractivity contribution in [1.29, 1.82) is 0 Å². The average molecular weight is 317 g/mol. The molecule has 23 heavy (non-hydrogen) atoms. The third-order valence-corrected chi connectivity index (χ3v) is 4.30. The molecular weight excluding hydrogens is 294 g/mol. The molecule has 1 amide bonds. The molecule has 7 nitrogen and oxygen atoms in total. The summed E-state index contributed by atoms with van der Waals surface area (Å²) in [6, 6.07) is 0. The Bertz CT molecular complexity index is 601. The fraction of sp³-hybridized carbons (Fsp3) is 0.625. The number of carbonyl (C=O) groups excluding carboxylic acids is 1. The van der Waals surface area contributed by atoms with Crippen LogP contribution in [0.5, 0.6) is 0 Å². The van der Waals surface area contributed by atoms with E-state index in [9.17, 15) is 4.79 Å². The molecule has 7 heteroatoms. The fourth-order valence-corrected chi connectivity index (χ4v) is 3.08. The van der Waals surface area contributed by atoms with Gasteiger partial charge in [-0.15, -0.1) is 0 Å². The first-order valence-corrected chi connectivity index (χ1v) is 8.13. The molecule has 0 unspecified atom stereocenters. The van der Waals surface area contributed by atoms with Gasteiger partial charge in [-0.25, -0.2) is 0 Å². The van der Waals surface area contributed by atoms with Crippen LogP contribution in [0.1, 0.15) is 37.6 Å². The minimum Gasteiger partial charge on any atom is -0.387 e. The number of nitrogens with zero attached hydrogens (tertiary/aromatic N) is 4. The van der Waals surface area contributed by atoms with Gasteiger partial charge in [-0.1, -0.05) is 12.1 Å². The van der Waals surface area contributed by atoms with E-state index in [2.05, 4.69) is 32.3 Å². The maximum absolute atomic E-state index is 12.2. The van der Waals surface area contributed by atoms with E-state index in [0.29, 0.717) is 18.7 Å². The Morgan fingerprint density at radius 3 is 3.04 bits per heavy atom. The maximum atomic E-state index is 12.2. The van der Waals surface area contributed by atoms with Crippen molar-refractivity contribution in [3.8, 4) is 0 Å². The van der Waals surface area contributed by atoms with E-state index < -0.39 is 0 Å². The SMILES string of the molecule is CCCN1CC[C@@]2(CC(C(=O)NCc3cnc(C)cn3)=NO2)C1. The summed E-state index contributed by atoms with van der Waals surface area (Å²) >= 11 is 0. The maximum Gasteiger partial charge on any atom is 0.269 e. The Hall–Kier alpha value is -2.02. The third-order valence-electron chi connectivity index (χ3n) is 4.30. The first-order valence-electron chi connectivity index (χ1n) is 8.13. The van der Waals surface area contributed by atoms with E-state index in [-0.39, 0.29) is 11.5 Å². The normalized spacial score (nSPS) is 23.8. The Morgan fingerprint density at radius 2 is 2.30 bits per heavy atom. The standard InChI is InChI=1S/C16H23N5O2/c1-3-5-21-6-4-16(11-21)7-14(20-23-16)15(22)19-10-13-9-17-12(2)8-18-13/h8-9H,3-7,10-11H2,1-2H3,(H,19,22)/t16-/m1/s1. The van der Waals surface area contributed by atoms with Gasteiger partial charge in [-0.3, -0.25) is 19.7 Å². The van der Waals surface area contributed by atoms with Gasteiger partial charge in [0.25, 0.3) is 5.91 Å². The van der Waals surface area contributed by atoms with Gasteiger partial charge in [0.15, 0.2) is 5.60 Å². The number of hydrogen-bond acceptors (Lipinski definition) is 6. The van der Waals surface area contributed by atoms with Crippen LogP contribution < -0.4 is 5.32 Å². The Kier molecular flexibility index (Phi) is 4.56. The lowest BCUT2D eigenvalue weighted by Crippen LogP contribution is -2.37. The van der Waals surface area contributed by atoms with Crippen LogP contribution in [0.25, 0.3) is 0 Å². The Balaban J connectivity index is 1.50. The minimum atomic E-state index is -0.300. The van der Waals surface area contributed by atoms with Crippen molar-refractivity contribution in [3.63, 3.8) is 0 Å². The average Bonchev–Trinajstić information content (AvgIpc) is 3.14. The second-order valence-electron chi connectivity index (χ2n) is 6.35. The van der Waals surface area contributed by atoms with Gasteiger partial charge in [-0.05, 0) is 19.9 Å². The summed E-state index contributed by atoms with van der Waals surface area (Å²) < 4.78 is 0. The second kappa shape index (κ2) is 6.62. The van der Waals surface area contributed by atoms with Crippen molar-refractivity contribution in [3.05, 3.63) is 23.8 Å². The molecule has 1 aromatic rings.